The Morgan fingerprint density at radius 2 is 2.10 bits per heavy atom. The predicted octanol–water partition coefficient (Wildman–Crippen LogP) is 3.35. The van der Waals surface area contributed by atoms with Crippen LogP contribution in [0.2, 0.25) is 0 Å². The van der Waals surface area contributed by atoms with E-state index in [1.807, 2.05) is 11.9 Å². The minimum atomic E-state index is -0.189. The number of pyridine rings is 1. The maximum Gasteiger partial charge on any atom is 0.170 e. The Labute approximate surface area is 121 Å². The average molecular weight is 279 g/mol. The lowest BCUT2D eigenvalue weighted by Gasteiger charge is -2.31. The first kappa shape index (κ1) is 15.2. The molecule has 0 spiro atoms. The lowest BCUT2D eigenvalue weighted by atomic mass is 9.85. The molecule has 0 aromatic carbocycles. The second-order valence-electron chi connectivity index (χ2n) is 6.89. The maximum absolute atomic E-state index is 14.5. The highest BCUT2D eigenvalue weighted by molar-refractivity contribution is 5.42. The summed E-state index contributed by atoms with van der Waals surface area (Å²) in [5, 5.41) is 3.32. The zero-order valence-corrected chi connectivity index (χ0v) is 13.0. The van der Waals surface area contributed by atoms with E-state index in [2.05, 4.69) is 31.1 Å². The van der Waals surface area contributed by atoms with Crippen molar-refractivity contribution in [2.45, 2.75) is 52.1 Å². The zero-order valence-electron chi connectivity index (χ0n) is 13.0. The Hall–Kier alpha value is -1.16. The van der Waals surface area contributed by atoms with Crippen molar-refractivity contribution in [3.05, 3.63) is 23.6 Å². The van der Waals surface area contributed by atoms with Crippen LogP contribution in [0.5, 0.6) is 0 Å². The van der Waals surface area contributed by atoms with Gasteiger partial charge in [-0.3, -0.25) is 0 Å². The first-order valence-electron chi connectivity index (χ1n) is 7.46. The van der Waals surface area contributed by atoms with Crippen LogP contribution in [0.15, 0.2) is 12.3 Å². The number of nitrogens with zero attached hydrogens (tertiary/aromatic N) is 2. The number of rotatable bonds is 5. The highest BCUT2D eigenvalue weighted by atomic mass is 19.1. The summed E-state index contributed by atoms with van der Waals surface area (Å²) >= 11 is 0. The van der Waals surface area contributed by atoms with E-state index in [9.17, 15) is 4.39 Å². The summed E-state index contributed by atoms with van der Waals surface area (Å²) in [4.78, 5) is 6.18. The van der Waals surface area contributed by atoms with Crippen molar-refractivity contribution in [3.8, 4) is 0 Å². The molecule has 112 valence electrons. The van der Waals surface area contributed by atoms with E-state index in [0.717, 1.165) is 6.54 Å². The lowest BCUT2D eigenvalue weighted by molar-refractivity contribution is 0.320. The number of halogens is 1. The maximum atomic E-state index is 14.5. The molecule has 0 bridgehead atoms. The van der Waals surface area contributed by atoms with Crippen LogP contribution in [0.25, 0.3) is 0 Å². The molecule has 1 aliphatic carbocycles. The topological polar surface area (TPSA) is 28.2 Å². The highest BCUT2D eigenvalue weighted by Gasteiger charge is 2.22. The largest absolute Gasteiger partial charge is 0.357 e. The molecule has 2 rings (SSSR count). The highest BCUT2D eigenvalue weighted by Crippen LogP contribution is 2.29. The van der Waals surface area contributed by atoms with Gasteiger partial charge in [-0.15, -0.1) is 0 Å². The van der Waals surface area contributed by atoms with E-state index in [0.29, 0.717) is 23.8 Å². The third-order valence-corrected chi connectivity index (χ3v) is 3.88. The molecule has 0 amide bonds. The molecule has 0 radical (unpaired) electrons. The van der Waals surface area contributed by atoms with Gasteiger partial charge in [0.15, 0.2) is 11.6 Å². The molecule has 1 aliphatic rings. The molecule has 0 atom stereocenters. The van der Waals surface area contributed by atoms with Crippen LogP contribution < -0.4 is 10.2 Å². The molecule has 1 aromatic heterocycles. The van der Waals surface area contributed by atoms with Gasteiger partial charge in [-0.05, 0) is 45.6 Å². The van der Waals surface area contributed by atoms with Crippen LogP contribution in [0.1, 0.15) is 45.6 Å². The van der Waals surface area contributed by atoms with Gasteiger partial charge < -0.3 is 10.2 Å². The van der Waals surface area contributed by atoms with Gasteiger partial charge in [-0.2, -0.15) is 0 Å². The number of nitrogens with one attached hydrogen (secondary N) is 1. The van der Waals surface area contributed by atoms with Crippen LogP contribution in [0.3, 0.4) is 0 Å². The molecule has 0 unspecified atom stereocenters. The summed E-state index contributed by atoms with van der Waals surface area (Å²) in [6.45, 7) is 7.67. The molecule has 3 nitrogen and oxygen atoms in total. The van der Waals surface area contributed by atoms with Gasteiger partial charge in [0.1, 0.15) is 0 Å². The summed E-state index contributed by atoms with van der Waals surface area (Å²) in [6, 6.07) is 1.76. The molecule has 0 saturated heterocycles. The fraction of sp³-hybridized carbons (Fsp3) is 0.688. The Balaban J connectivity index is 2.05. The van der Waals surface area contributed by atoms with Crippen molar-refractivity contribution >= 4 is 5.82 Å². The van der Waals surface area contributed by atoms with Gasteiger partial charge in [-0.25, -0.2) is 9.37 Å². The Morgan fingerprint density at radius 3 is 2.65 bits per heavy atom. The second-order valence-corrected chi connectivity index (χ2v) is 6.89. The summed E-state index contributed by atoms with van der Waals surface area (Å²) in [7, 11) is 1.94. The summed E-state index contributed by atoms with van der Waals surface area (Å²) in [5.74, 6) is 0.994. The van der Waals surface area contributed by atoms with Gasteiger partial charge in [0.2, 0.25) is 0 Å². The Kier molecular flexibility index (Phi) is 4.63. The van der Waals surface area contributed by atoms with Gasteiger partial charge in [-0.1, -0.05) is 6.42 Å². The fourth-order valence-corrected chi connectivity index (χ4v) is 2.38. The third-order valence-electron chi connectivity index (χ3n) is 3.88. The van der Waals surface area contributed by atoms with Crippen molar-refractivity contribution in [3.63, 3.8) is 0 Å². The van der Waals surface area contributed by atoms with E-state index >= 15 is 0 Å². The molecule has 1 saturated carbocycles. The lowest BCUT2D eigenvalue weighted by Crippen LogP contribution is -2.35. The van der Waals surface area contributed by atoms with E-state index in [1.165, 1.54) is 19.3 Å². The molecular weight excluding hydrogens is 253 g/mol. The van der Waals surface area contributed by atoms with Gasteiger partial charge in [0.25, 0.3) is 0 Å². The molecule has 4 heteroatoms. The number of anilines is 1. The smallest absolute Gasteiger partial charge is 0.170 e. The van der Waals surface area contributed by atoms with E-state index in [4.69, 9.17) is 0 Å². The first-order chi connectivity index (χ1) is 9.37. The molecule has 1 heterocycles. The van der Waals surface area contributed by atoms with Crippen LogP contribution in [0, 0.1) is 11.7 Å². The van der Waals surface area contributed by atoms with Crippen LogP contribution in [0.4, 0.5) is 10.2 Å². The van der Waals surface area contributed by atoms with Crippen molar-refractivity contribution < 1.29 is 4.39 Å². The Morgan fingerprint density at radius 1 is 1.40 bits per heavy atom. The standard InChI is InChI=1S/C16H26FN3/c1-16(2,3)19-10-13-8-9-18-15(14(13)17)20(4)11-12-6-5-7-12/h8-9,12,19H,5-7,10-11H2,1-4H3. The SMILES string of the molecule is CN(CC1CCC1)c1nccc(CNC(C)(C)C)c1F. The zero-order chi connectivity index (χ0) is 14.8. The van der Waals surface area contributed by atoms with E-state index in [-0.39, 0.29) is 11.4 Å². The van der Waals surface area contributed by atoms with E-state index in [1.54, 1.807) is 12.3 Å². The van der Waals surface area contributed by atoms with Crippen LogP contribution in [-0.4, -0.2) is 24.1 Å². The van der Waals surface area contributed by atoms with E-state index < -0.39 is 0 Å². The number of aromatic nitrogens is 1. The molecule has 1 fully saturated rings. The molecule has 0 aliphatic heterocycles. The minimum Gasteiger partial charge on any atom is -0.357 e. The molecule has 20 heavy (non-hydrogen) atoms. The quantitative estimate of drug-likeness (QED) is 0.896. The molecule has 1 N–H and O–H groups in total. The predicted molar refractivity (Wildman–Crippen MR) is 81.4 cm³/mol. The van der Waals surface area contributed by atoms with Gasteiger partial charge in [0.05, 0.1) is 0 Å². The minimum absolute atomic E-state index is 0.0201. The van der Waals surface area contributed by atoms with Crippen LogP contribution in [-0.2, 0) is 6.54 Å². The van der Waals surface area contributed by atoms with Gasteiger partial charge >= 0.3 is 0 Å². The Bertz CT molecular complexity index is 450. The van der Waals surface area contributed by atoms with Gasteiger partial charge in [0, 0.05) is 37.4 Å². The number of hydrogen-bond acceptors (Lipinski definition) is 3. The summed E-state index contributed by atoms with van der Waals surface area (Å²) in [6.07, 6.45) is 5.54. The first-order valence-corrected chi connectivity index (χ1v) is 7.46. The monoisotopic (exact) mass is 279 g/mol. The van der Waals surface area contributed by atoms with Crippen LogP contribution >= 0.6 is 0 Å². The third kappa shape index (κ3) is 3.92. The summed E-state index contributed by atoms with van der Waals surface area (Å²) < 4.78 is 14.5. The number of hydrogen-bond donors (Lipinski definition) is 1. The fourth-order valence-electron chi connectivity index (χ4n) is 2.38. The van der Waals surface area contributed by atoms with Crippen molar-refractivity contribution in [1.82, 2.24) is 10.3 Å². The second kappa shape index (κ2) is 6.08. The average Bonchev–Trinajstić information content (AvgIpc) is 2.31. The molecule has 1 aromatic rings. The van der Waals surface area contributed by atoms with Crippen molar-refractivity contribution in [2.24, 2.45) is 5.92 Å². The van der Waals surface area contributed by atoms with Crippen molar-refractivity contribution in [2.75, 3.05) is 18.5 Å². The summed E-state index contributed by atoms with van der Waals surface area (Å²) in [5.41, 5.74) is 0.665. The normalized spacial score (nSPS) is 16.1. The molecular formula is C16H26FN3. The van der Waals surface area contributed by atoms with Crippen molar-refractivity contribution in [1.29, 1.82) is 0 Å².